The van der Waals surface area contributed by atoms with E-state index in [1.54, 1.807) is 12.3 Å². The SMILES string of the molecule is OC1(c2ccc3[nH]ccc3c2)CCC(C(F)(F)F)CC1. The van der Waals surface area contributed by atoms with Crippen LogP contribution in [0.1, 0.15) is 31.2 Å². The number of nitrogens with one attached hydrogen (secondary N) is 1. The van der Waals surface area contributed by atoms with Gasteiger partial charge in [0.25, 0.3) is 0 Å². The van der Waals surface area contributed by atoms with E-state index in [-0.39, 0.29) is 25.7 Å². The van der Waals surface area contributed by atoms with Gasteiger partial charge in [0, 0.05) is 11.7 Å². The number of aliphatic hydroxyl groups is 1. The summed E-state index contributed by atoms with van der Waals surface area (Å²) in [4.78, 5) is 3.06. The van der Waals surface area contributed by atoms with E-state index in [2.05, 4.69) is 4.98 Å². The Morgan fingerprint density at radius 2 is 1.85 bits per heavy atom. The summed E-state index contributed by atoms with van der Waals surface area (Å²) in [5.74, 6) is -1.28. The first-order chi connectivity index (χ1) is 9.38. The monoisotopic (exact) mass is 283 g/mol. The number of aromatic nitrogens is 1. The van der Waals surface area contributed by atoms with Gasteiger partial charge in [-0.1, -0.05) is 6.07 Å². The summed E-state index contributed by atoms with van der Waals surface area (Å²) in [5, 5.41) is 11.6. The van der Waals surface area contributed by atoms with Crippen molar-refractivity contribution < 1.29 is 18.3 Å². The minimum Gasteiger partial charge on any atom is -0.385 e. The molecule has 0 spiro atoms. The molecule has 0 aliphatic heterocycles. The summed E-state index contributed by atoms with van der Waals surface area (Å²) in [6.45, 7) is 0. The molecule has 3 rings (SSSR count). The van der Waals surface area contributed by atoms with Crippen molar-refractivity contribution in [3.63, 3.8) is 0 Å². The molecule has 0 atom stereocenters. The van der Waals surface area contributed by atoms with Gasteiger partial charge in [-0.3, -0.25) is 0 Å². The Balaban J connectivity index is 1.83. The molecule has 5 heteroatoms. The topological polar surface area (TPSA) is 36.0 Å². The van der Waals surface area contributed by atoms with Crippen LogP contribution >= 0.6 is 0 Å². The third-order valence-electron chi connectivity index (χ3n) is 4.37. The Hall–Kier alpha value is -1.49. The number of hydrogen-bond donors (Lipinski definition) is 2. The molecule has 108 valence electrons. The third kappa shape index (κ3) is 2.30. The fraction of sp³-hybridized carbons (Fsp3) is 0.467. The van der Waals surface area contributed by atoms with Crippen LogP contribution in [0.25, 0.3) is 10.9 Å². The van der Waals surface area contributed by atoms with E-state index in [1.807, 2.05) is 18.2 Å². The van der Waals surface area contributed by atoms with Crippen LogP contribution in [-0.4, -0.2) is 16.3 Å². The molecule has 1 saturated carbocycles. The van der Waals surface area contributed by atoms with Crippen LogP contribution in [0.2, 0.25) is 0 Å². The molecule has 0 amide bonds. The number of H-pyrrole nitrogens is 1. The van der Waals surface area contributed by atoms with Gasteiger partial charge in [0.2, 0.25) is 0 Å². The molecule has 1 fully saturated rings. The highest BCUT2D eigenvalue weighted by Gasteiger charge is 2.45. The number of rotatable bonds is 1. The molecular formula is C15H16F3NO. The highest BCUT2D eigenvalue weighted by atomic mass is 19.4. The Labute approximate surface area is 114 Å². The Morgan fingerprint density at radius 3 is 2.50 bits per heavy atom. The largest absolute Gasteiger partial charge is 0.391 e. The van der Waals surface area contributed by atoms with E-state index >= 15 is 0 Å². The molecule has 0 bridgehead atoms. The molecular weight excluding hydrogens is 267 g/mol. The van der Waals surface area contributed by atoms with Crippen LogP contribution in [0, 0.1) is 5.92 Å². The second kappa shape index (κ2) is 4.52. The van der Waals surface area contributed by atoms with Crippen molar-refractivity contribution in [2.24, 2.45) is 5.92 Å². The fourth-order valence-corrected chi connectivity index (χ4v) is 3.05. The van der Waals surface area contributed by atoms with Gasteiger partial charge in [-0.25, -0.2) is 0 Å². The molecule has 2 aromatic rings. The average Bonchev–Trinajstić information content (AvgIpc) is 2.85. The maximum atomic E-state index is 12.7. The summed E-state index contributed by atoms with van der Waals surface area (Å²) in [6, 6.07) is 7.41. The molecule has 2 N–H and O–H groups in total. The van der Waals surface area contributed by atoms with Crippen LogP contribution in [0.15, 0.2) is 30.5 Å². The van der Waals surface area contributed by atoms with Gasteiger partial charge in [-0.15, -0.1) is 0 Å². The van der Waals surface area contributed by atoms with Crippen LogP contribution < -0.4 is 0 Å². The quantitative estimate of drug-likeness (QED) is 0.812. The summed E-state index contributed by atoms with van der Waals surface area (Å²) in [5.41, 5.74) is 0.541. The van der Waals surface area contributed by atoms with Gasteiger partial charge in [0.1, 0.15) is 0 Å². The normalized spacial score (nSPS) is 27.9. The van der Waals surface area contributed by atoms with E-state index in [1.165, 1.54) is 0 Å². The van der Waals surface area contributed by atoms with E-state index in [0.717, 1.165) is 10.9 Å². The highest BCUT2D eigenvalue weighted by Crippen LogP contribution is 2.45. The number of benzene rings is 1. The molecule has 1 aliphatic carbocycles. The maximum Gasteiger partial charge on any atom is 0.391 e. The summed E-state index contributed by atoms with van der Waals surface area (Å²) >= 11 is 0. The third-order valence-corrected chi connectivity index (χ3v) is 4.37. The predicted octanol–water partition coefficient (Wildman–Crippen LogP) is 4.11. The van der Waals surface area contributed by atoms with Crippen molar-refractivity contribution in [1.29, 1.82) is 0 Å². The van der Waals surface area contributed by atoms with Crippen molar-refractivity contribution in [2.75, 3.05) is 0 Å². The zero-order chi connectivity index (χ0) is 14.4. The average molecular weight is 283 g/mol. The van der Waals surface area contributed by atoms with Gasteiger partial charge in [-0.2, -0.15) is 13.2 Å². The predicted molar refractivity (Wildman–Crippen MR) is 70.2 cm³/mol. The lowest BCUT2D eigenvalue weighted by Crippen LogP contribution is -2.36. The van der Waals surface area contributed by atoms with Crippen molar-refractivity contribution in [3.05, 3.63) is 36.0 Å². The molecule has 2 nitrogen and oxygen atoms in total. The Morgan fingerprint density at radius 1 is 1.15 bits per heavy atom. The van der Waals surface area contributed by atoms with Crippen LogP contribution in [0.5, 0.6) is 0 Å². The molecule has 1 heterocycles. The second-order valence-electron chi connectivity index (χ2n) is 5.63. The van der Waals surface area contributed by atoms with Gasteiger partial charge in [0.15, 0.2) is 0 Å². The molecule has 1 aromatic heterocycles. The van der Waals surface area contributed by atoms with Crippen molar-refractivity contribution in [2.45, 2.75) is 37.5 Å². The molecule has 1 aliphatic rings. The van der Waals surface area contributed by atoms with Crippen LogP contribution in [-0.2, 0) is 5.60 Å². The minimum atomic E-state index is -4.15. The van der Waals surface area contributed by atoms with Gasteiger partial charge < -0.3 is 10.1 Å². The molecule has 20 heavy (non-hydrogen) atoms. The first kappa shape index (κ1) is 13.5. The summed E-state index contributed by atoms with van der Waals surface area (Å²) in [6.07, 6.45) is -2.04. The van der Waals surface area contributed by atoms with Gasteiger partial charge >= 0.3 is 6.18 Å². The van der Waals surface area contributed by atoms with E-state index in [4.69, 9.17) is 0 Å². The summed E-state index contributed by atoms with van der Waals surface area (Å²) < 4.78 is 38.0. The lowest BCUT2D eigenvalue weighted by molar-refractivity contribution is -0.193. The number of fused-ring (bicyclic) bond motifs is 1. The number of hydrogen-bond acceptors (Lipinski definition) is 1. The molecule has 1 aromatic carbocycles. The van der Waals surface area contributed by atoms with Gasteiger partial charge in [0.05, 0.1) is 11.5 Å². The minimum absolute atomic E-state index is 0.00876. The maximum absolute atomic E-state index is 12.7. The van der Waals surface area contributed by atoms with Crippen molar-refractivity contribution >= 4 is 10.9 Å². The molecule has 0 unspecified atom stereocenters. The lowest BCUT2D eigenvalue weighted by Gasteiger charge is -2.37. The first-order valence-corrected chi connectivity index (χ1v) is 6.75. The van der Waals surface area contributed by atoms with Crippen molar-refractivity contribution in [1.82, 2.24) is 4.98 Å². The van der Waals surface area contributed by atoms with Crippen molar-refractivity contribution in [3.8, 4) is 0 Å². The smallest absolute Gasteiger partial charge is 0.385 e. The second-order valence-corrected chi connectivity index (χ2v) is 5.63. The lowest BCUT2D eigenvalue weighted by atomic mass is 9.75. The highest BCUT2D eigenvalue weighted by molar-refractivity contribution is 5.80. The Bertz CT molecular complexity index is 609. The fourth-order valence-electron chi connectivity index (χ4n) is 3.05. The number of alkyl halides is 3. The zero-order valence-corrected chi connectivity index (χ0v) is 10.9. The van der Waals surface area contributed by atoms with Crippen LogP contribution in [0.4, 0.5) is 13.2 Å². The zero-order valence-electron chi connectivity index (χ0n) is 10.9. The van der Waals surface area contributed by atoms with E-state index < -0.39 is 17.7 Å². The number of halogens is 3. The molecule has 0 saturated heterocycles. The van der Waals surface area contributed by atoms with E-state index in [9.17, 15) is 18.3 Å². The molecule has 0 radical (unpaired) electrons. The van der Waals surface area contributed by atoms with Gasteiger partial charge in [-0.05, 0) is 54.8 Å². The first-order valence-electron chi connectivity index (χ1n) is 6.75. The Kier molecular flexibility index (Phi) is 3.05. The summed E-state index contributed by atoms with van der Waals surface area (Å²) in [7, 11) is 0. The standard InChI is InChI=1S/C15H16F3NO/c16-15(17,18)11-3-6-14(20,7-4-11)12-1-2-13-10(9-12)5-8-19-13/h1-2,5,8-9,11,19-20H,3-4,6-7H2. The number of aromatic amines is 1. The van der Waals surface area contributed by atoms with E-state index in [0.29, 0.717) is 5.56 Å². The van der Waals surface area contributed by atoms with Crippen LogP contribution in [0.3, 0.4) is 0 Å².